The summed E-state index contributed by atoms with van der Waals surface area (Å²) in [4.78, 5) is 15.3. The molecule has 0 spiro atoms. The molecule has 1 heterocycles. The zero-order valence-electron chi connectivity index (χ0n) is 12.8. The third-order valence-electron chi connectivity index (χ3n) is 3.46. The summed E-state index contributed by atoms with van der Waals surface area (Å²) in [5, 5.41) is 14.4. The SMILES string of the molecule is Cc1ccc2cc(/C=N\Nc3cccc(C(=O)O)c3)c(Cl)nc2c1. The van der Waals surface area contributed by atoms with Gasteiger partial charge in [0.15, 0.2) is 0 Å². The van der Waals surface area contributed by atoms with Crippen molar-refractivity contribution in [3.05, 3.63) is 70.4 Å². The summed E-state index contributed by atoms with van der Waals surface area (Å²) in [6.45, 7) is 2.00. The number of benzene rings is 2. The van der Waals surface area contributed by atoms with Gasteiger partial charge in [0, 0.05) is 10.9 Å². The summed E-state index contributed by atoms with van der Waals surface area (Å²) in [6, 6.07) is 14.3. The molecule has 120 valence electrons. The number of nitrogens with zero attached hydrogens (tertiary/aromatic N) is 2. The molecular formula is C18H14ClN3O2. The highest BCUT2D eigenvalue weighted by atomic mass is 35.5. The topological polar surface area (TPSA) is 74.6 Å². The van der Waals surface area contributed by atoms with Gasteiger partial charge in [-0.1, -0.05) is 29.8 Å². The Labute approximate surface area is 143 Å². The van der Waals surface area contributed by atoms with Crippen LogP contribution in [-0.4, -0.2) is 22.3 Å². The number of pyridine rings is 1. The molecule has 2 aromatic carbocycles. The van der Waals surface area contributed by atoms with E-state index in [9.17, 15) is 4.79 Å². The van der Waals surface area contributed by atoms with E-state index in [1.807, 2.05) is 31.2 Å². The molecule has 0 aliphatic carbocycles. The highest BCUT2D eigenvalue weighted by Crippen LogP contribution is 2.20. The lowest BCUT2D eigenvalue weighted by Crippen LogP contribution is -1.98. The van der Waals surface area contributed by atoms with E-state index in [1.165, 1.54) is 12.1 Å². The molecule has 0 radical (unpaired) electrons. The predicted molar refractivity (Wildman–Crippen MR) is 96.1 cm³/mol. The number of carboxylic acids is 1. The summed E-state index contributed by atoms with van der Waals surface area (Å²) in [5.41, 5.74) is 6.19. The summed E-state index contributed by atoms with van der Waals surface area (Å²) in [5.74, 6) is -0.986. The average molecular weight is 340 g/mol. The number of anilines is 1. The van der Waals surface area contributed by atoms with Crippen molar-refractivity contribution in [2.75, 3.05) is 5.43 Å². The second-order valence-electron chi connectivity index (χ2n) is 5.32. The highest BCUT2D eigenvalue weighted by molar-refractivity contribution is 6.32. The predicted octanol–water partition coefficient (Wildman–Crippen LogP) is 4.34. The van der Waals surface area contributed by atoms with Gasteiger partial charge in [-0.3, -0.25) is 5.43 Å². The molecule has 2 N–H and O–H groups in total. The molecular weight excluding hydrogens is 326 g/mol. The largest absolute Gasteiger partial charge is 0.478 e. The van der Waals surface area contributed by atoms with Crippen LogP contribution in [0.3, 0.4) is 0 Å². The molecule has 0 saturated heterocycles. The number of halogens is 1. The number of rotatable bonds is 4. The third kappa shape index (κ3) is 3.52. The zero-order valence-corrected chi connectivity index (χ0v) is 13.6. The molecule has 0 unspecified atom stereocenters. The number of carbonyl (C=O) groups is 1. The molecule has 0 aliphatic heterocycles. The first-order valence-corrected chi connectivity index (χ1v) is 7.60. The Bertz CT molecular complexity index is 954. The summed E-state index contributed by atoms with van der Waals surface area (Å²) >= 11 is 6.20. The summed E-state index contributed by atoms with van der Waals surface area (Å²) < 4.78 is 0. The lowest BCUT2D eigenvalue weighted by Gasteiger charge is -2.04. The molecule has 3 rings (SSSR count). The van der Waals surface area contributed by atoms with Gasteiger partial charge in [0.2, 0.25) is 0 Å². The van der Waals surface area contributed by atoms with Crippen LogP contribution >= 0.6 is 11.6 Å². The van der Waals surface area contributed by atoms with E-state index in [0.717, 1.165) is 16.5 Å². The molecule has 6 heteroatoms. The first-order chi connectivity index (χ1) is 11.5. The quantitative estimate of drug-likeness (QED) is 0.421. The minimum absolute atomic E-state index is 0.191. The first-order valence-electron chi connectivity index (χ1n) is 7.22. The smallest absolute Gasteiger partial charge is 0.335 e. The normalized spacial score (nSPS) is 11.1. The Morgan fingerprint density at radius 3 is 2.88 bits per heavy atom. The van der Waals surface area contributed by atoms with Gasteiger partial charge in [-0.2, -0.15) is 5.10 Å². The Kier molecular flexibility index (Phi) is 4.44. The van der Waals surface area contributed by atoms with Crippen LogP contribution in [0, 0.1) is 6.92 Å². The van der Waals surface area contributed by atoms with Gasteiger partial charge in [-0.15, -0.1) is 0 Å². The van der Waals surface area contributed by atoms with Crippen LogP contribution in [0.15, 0.2) is 53.6 Å². The standard InChI is InChI=1S/C18H14ClN3O2/c1-11-5-6-12-8-14(17(19)21-16(12)7-11)10-20-22-15-4-2-3-13(9-15)18(23)24/h2-10,22H,1H3,(H,23,24)/b20-10-. The van der Waals surface area contributed by atoms with Crippen LogP contribution in [-0.2, 0) is 0 Å². The number of hydrogen-bond donors (Lipinski definition) is 2. The average Bonchev–Trinajstić information content (AvgIpc) is 2.55. The third-order valence-corrected chi connectivity index (χ3v) is 3.76. The number of nitrogens with one attached hydrogen (secondary N) is 1. The number of hydrazone groups is 1. The fourth-order valence-corrected chi connectivity index (χ4v) is 2.45. The minimum atomic E-state index is -0.986. The fourth-order valence-electron chi connectivity index (χ4n) is 2.26. The van der Waals surface area contributed by atoms with Gasteiger partial charge in [0.1, 0.15) is 5.15 Å². The van der Waals surface area contributed by atoms with Gasteiger partial charge < -0.3 is 5.11 Å². The van der Waals surface area contributed by atoms with Crippen molar-refractivity contribution in [3.63, 3.8) is 0 Å². The Hall–Kier alpha value is -2.92. The van der Waals surface area contributed by atoms with Crippen molar-refractivity contribution in [3.8, 4) is 0 Å². The van der Waals surface area contributed by atoms with E-state index >= 15 is 0 Å². The fraction of sp³-hybridized carbons (Fsp3) is 0.0556. The molecule has 24 heavy (non-hydrogen) atoms. The molecule has 0 aliphatic rings. The number of aromatic nitrogens is 1. The van der Waals surface area contributed by atoms with Crippen LogP contribution in [0.2, 0.25) is 5.15 Å². The number of aryl methyl sites for hydroxylation is 1. The molecule has 1 aromatic heterocycles. The van der Waals surface area contributed by atoms with Gasteiger partial charge in [0.25, 0.3) is 0 Å². The van der Waals surface area contributed by atoms with Gasteiger partial charge in [-0.05, 0) is 42.8 Å². The molecule has 0 fully saturated rings. The number of hydrogen-bond acceptors (Lipinski definition) is 4. The zero-order chi connectivity index (χ0) is 17.1. The summed E-state index contributed by atoms with van der Waals surface area (Å²) in [6.07, 6.45) is 1.56. The monoisotopic (exact) mass is 339 g/mol. The lowest BCUT2D eigenvalue weighted by atomic mass is 10.1. The summed E-state index contributed by atoms with van der Waals surface area (Å²) in [7, 11) is 0. The molecule has 5 nitrogen and oxygen atoms in total. The van der Waals surface area contributed by atoms with Crippen LogP contribution in [0.5, 0.6) is 0 Å². The van der Waals surface area contributed by atoms with E-state index in [0.29, 0.717) is 16.4 Å². The van der Waals surface area contributed by atoms with Crippen molar-refractivity contribution >= 4 is 40.4 Å². The Morgan fingerprint density at radius 1 is 1.25 bits per heavy atom. The van der Waals surface area contributed by atoms with Crippen LogP contribution in [0.25, 0.3) is 10.9 Å². The van der Waals surface area contributed by atoms with E-state index in [-0.39, 0.29) is 5.56 Å². The Balaban J connectivity index is 1.83. The van der Waals surface area contributed by atoms with Gasteiger partial charge in [0.05, 0.1) is 23.0 Å². The minimum Gasteiger partial charge on any atom is -0.478 e. The second-order valence-corrected chi connectivity index (χ2v) is 5.68. The number of carboxylic acid groups (broad SMARTS) is 1. The van der Waals surface area contributed by atoms with E-state index in [4.69, 9.17) is 16.7 Å². The molecule has 0 amide bonds. The Morgan fingerprint density at radius 2 is 2.08 bits per heavy atom. The van der Waals surface area contributed by atoms with Crippen molar-refractivity contribution in [1.82, 2.24) is 4.98 Å². The number of aromatic carboxylic acids is 1. The van der Waals surface area contributed by atoms with Crippen molar-refractivity contribution in [2.24, 2.45) is 5.10 Å². The first kappa shape index (κ1) is 16.0. The lowest BCUT2D eigenvalue weighted by molar-refractivity contribution is 0.0697. The second kappa shape index (κ2) is 6.68. The highest BCUT2D eigenvalue weighted by Gasteiger charge is 2.04. The maximum Gasteiger partial charge on any atom is 0.335 e. The number of fused-ring (bicyclic) bond motifs is 1. The molecule has 0 saturated carbocycles. The van der Waals surface area contributed by atoms with E-state index < -0.39 is 5.97 Å². The van der Waals surface area contributed by atoms with Crippen LogP contribution in [0.1, 0.15) is 21.5 Å². The van der Waals surface area contributed by atoms with Crippen molar-refractivity contribution in [1.29, 1.82) is 0 Å². The van der Waals surface area contributed by atoms with Gasteiger partial charge >= 0.3 is 5.97 Å². The van der Waals surface area contributed by atoms with Crippen LogP contribution < -0.4 is 5.43 Å². The van der Waals surface area contributed by atoms with Crippen LogP contribution in [0.4, 0.5) is 5.69 Å². The maximum atomic E-state index is 10.9. The molecule has 0 atom stereocenters. The maximum absolute atomic E-state index is 10.9. The van der Waals surface area contributed by atoms with Crippen molar-refractivity contribution in [2.45, 2.75) is 6.92 Å². The van der Waals surface area contributed by atoms with E-state index in [1.54, 1.807) is 18.3 Å². The molecule has 0 bridgehead atoms. The van der Waals surface area contributed by atoms with Crippen molar-refractivity contribution < 1.29 is 9.90 Å². The van der Waals surface area contributed by atoms with E-state index in [2.05, 4.69) is 15.5 Å². The molecule has 3 aromatic rings. The van der Waals surface area contributed by atoms with Gasteiger partial charge in [-0.25, -0.2) is 9.78 Å².